The molecule has 0 amide bonds. The predicted octanol–water partition coefficient (Wildman–Crippen LogP) is 0.376. The van der Waals surface area contributed by atoms with Crippen molar-refractivity contribution < 1.29 is 20.1 Å². The van der Waals surface area contributed by atoms with Gasteiger partial charge in [0.15, 0.2) is 6.23 Å². The van der Waals surface area contributed by atoms with Gasteiger partial charge < -0.3 is 24.6 Å². The van der Waals surface area contributed by atoms with Crippen LogP contribution in [-0.2, 0) is 4.74 Å². The fraction of sp³-hybridized carbons (Fsp3) is 0.600. The lowest BCUT2D eigenvalue weighted by atomic mass is 9.97. The van der Waals surface area contributed by atoms with Crippen LogP contribution in [0.3, 0.4) is 0 Å². The number of hydrogen-bond acceptors (Lipinski definition) is 6. The third-order valence-electron chi connectivity index (χ3n) is 4.28. The molecule has 2 aromatic rings. The van der Waals surface area contributed by atoms with Gasteiger partial charge in [0, 0.05) is 11.6 Å². The van der Waals surface area contributed by atoms with Crippen molar-refractivity contribution >= 4 is 11.0 Å². The molecule has 0 aliphatic carbocycles. The van der Waals surface area contributed by atoms with Crippen LogP contribution in [0.1, 0.15) is 25.8 Å². The molecule has 0 spiro atoms. The Labute approximate surface area is 128 Å². The molecule has 3 rings (SSSR count). The lowest BCUT2D eigenvalue weighted by Crippen LogP contribution is -2.41. The third kappa shape index (κ3) is 2.30. The van der Waals surface area contributed by atoms with Crippen LogP contribution in [0.25, 0.3) is 11.0 Å². The quantitative estimate of drug-likeness (QED) is 0.758. The molecular weight excluding hydrogens is 286 g/mol. The molecule has 5 unspecified atom stereocenters. The predicted molar refractivity (Wildman–Crippen MR) is 79.0 cm³/mol. The minimum absolute atomic E-state index is 0.0865. The summed E-state index contributed by atoms with van der Waals surface area (Å²) >= 11 is 0. The molecule has 0 radical (unpaired) electrons. The number of fused-ring (bicyclic) bond motifs is 1. The Bertz CT molecular complexity index is 672. The van der Waals surface area contributed by atoms with Crippen LogP contribution in [0.4, 0.5) is 0 Å². The van der Waals surface area contributed by atoms with Gasteiger partial charge in [0.1, 0.15) is 30.3 Å². The van der Waals surface area contributed by atoms with Crippen molar-refractivity contribution in [3.8, 4) is 0 Å². The summed E-state index contributed by atoms with van der Waals surface area (Å²) in [5.41, 5.74) is 1.46. The van der Waals surface area contributed by atoms with Crippen LogP contribution >= 0.6 is 0 Å². The summed E-state index contributed by atoms with van der Waals surface area (Å²) < 4.78 is 7.43. The highest BCUT2D eigenvalue weighted by Crippen LogP contribution is 2.34. The minimum Gasteiger partial charge on any atom is -0.390 e. The first-order valence-corrected chi connectivity index (χ1v) is 7.39. The summed E-state index contributed by atoms with van der Waals surface area (Å²) in [6, 6.07) is 1.85. The number of ether oxygens (including phenoxy) is 1. The molecule has 5 atom stereocenters. The van der Waals surface area contributed by atoms with Crippen molar-refractivity contribution in [2.75, 3.05) is 0 Å². The Morgan fingerprint density at radius 2 is 1.95 bits per heavy atom. The van der Waals surface area contributed by atoms with E-state index in [0.29, 0.717) is 5.65 Å². The van der Waals surface area contributed by atoms with Crippen LogP contribution in [0.15, 0.2) is 18.6 Å². The maximum atomic E-state index is 10.3. The molecule has 0 saturated carbocycles. The maximum Gasteiger partial charge on any atom is 0.164 e. The van der Waals surface area contributed by atoms with Gasteiger partial charge in [-0.1, -0.05) is 13.8 Å². The molecule has 0 aromatic carbocycles. The smallest absolute Gasteiger partial charge is 0.164 e. The summed E-state index contributed by atoms with van der Waals surface area (Å²) in [6.45, 7) is 5.55. The zero-order valence-corrected chi connectivity index (χ0v) is 12.8. The van der Waals surface area contributed by atoms with E-state index in [1.165, 1.54) is 6.33 Å². The van der Waals surface area contributed by atoms with Crippen molar-refractivity contribution in [2.45, 2.75) is 51.4 Å². The van der Waals surface area contributed by atoms with E-state index in [1.54, 1.807) is 10.8 Å². The number of hydrogen-bond donors (Lipinski definition) is 3. The topological polar surface area (TPSA) is 101 Å². The number of aliphatic hydroxyl groups excluding tert-OH is 3. The largest absolute Gasteiger partial charge is 0.390 e. The van der Waals surface area contributed by atoms with Crippen molar-refractivity contribution in [1.82, 2.24) is 14.5 Å². The van der Waals surface area contributed by atoms with Gasteiger partial charge in [-0.15, -0.1) is 0 Å². The van der Waals surface area contributed by atoms with Gasteiger partial charge in [0.05, 0.1) is 11.8 Å². The van der Waals surface area contributed by atoms with Crippen LogP contribution < -0.4 is 0 Å². The highest BCUT2D eigenvalue weighted by molar-refractivity contribution is 5.78. The number of rotatable bonds is 3. The molecule has 0 bridgehead atoms. The second-order valence-electron chi connectivity index (χ2n) is 6.13. The summed E-state index contributed by atoms with van der Waals surface area (Å²) in [6.07, 6.45) is -1.57. The van der Waals surface area contributed by atoms with Gasteiger partial charge in [-0.3, -0.25) is 0 Å². The standard InChI is InChI=1S/C15H21N3O4/c1-7(2)10(19)13-11(20)12(21)15(22-13)18-5-4-9-8(3)16-6-17-14(9)18/h4-7,10-13,15,19-21H,1-3H3. The number of nitrogens with zero attached hydrogens (tertiary/aromatic N) is 3. The molecule has 1 aliphatic rings. The summed E-state index contributed by atoms with van der Waals surface area (Å²) in [4.78, 5) is 8.36. The zero-order chi connectivity index (χ0) is 16.0. The van der Waals surface area contributed by atoms with E-state index in [4.69, 9.17) is 4.74 Å². The highest BCUT2D eigenvalue weighted by Gasteiger charge is 2.47. The van der Waals surface area contributed by atoms with Gasteiger partial charge in [-0.05, 0) is 18.9 Å². The first-order chi connectivity index (χ1) is 10.4. The summed E-state index contributed by atoms with van der Waals surface area (Å²) in [5.74, 6) is -0.0865. The van der Waals surface area contributed by atoms with E-state index in [9.17, 15) is 15.3 Å². The average Bonchev–Trinajstić information content (AvgIpc) is 3.02. The number of aliphatic hydroxyl groups is 3. The Morgan fingerprint density at radius 1 is 1.23 bits per heavy atom. The van der Waals surface area contributed by atoms with Crippen LogP contribution in [0, 0.1) is 12.8 Å². The molecule has 3 N–H and O–H groups in total. The second-order valence-corrected chi connectivity index (χ2v) is 6.13. The Balaban J connectivity index is 1.96. The molecule has 120 valence electrons. The van der Waals surface area contributed by atoms with Crippen molar-refractivity contribution in [2.24, 2.45) is 5.92 Å². The van der Waals surface area contributed by atoms with E-state index < -0.39 is 30.6 Å². The van der Waals surface area contributed by atoms with E-state index >= 15 is 0 Å². The molecule has 1 saturated heterocycles. The van der Waals surface area contributed by atoms with Crippen LogP contribution in [0.5, 0.6) is 0 Å². The van der Waals surface area contributed by atoms with E-state index in [0.717, 1.165) is 11.1 Å². The normalized spacial score (nSPS) is 30.3. The molecule has 1 aliphatic heterocycles. The zero-order valence-electron chi connectivity index (χ0n) is 12.8. The average molecular weight is 307 g/mol. The molecule has 2 aromatic heterocycles. The molecule has 1 fully saturated rings. The lowest BCUT2D eigenvalue weighted by Gasteiger charge is -2.23. The molecule has 7 heteroatoms. The fourth-order valence-corrected chi connectivity index (χ4v) is 2.88. The van der Waals surface area contributed by atoms with Gasteiger partial charge in [0.2, 0.25) is 0 Å². The van der Waals surface area contributed by atoms with E-state index in [1.807, 2.05) is 26.8 Å². The lowest BCUT2D eigenvalue weighted by molar-refractivity contribution is -0.0961. The van der Waals surface area contributed by atoms with Crippen molar-refractivity contribution in [1.29, 1.82) is 0 Å². The Hall–Kier alpha value is -1.54. The molecule has 7 nitrogen and oxygen atoms in total. The first kappa shape index (κ1) is 15.4. The third-order valence-corrected chi connectivity index (χ3v) is 4.28. The van der Waals surface area contributed by atoms with Gasteiger partial charge >= 0.3 is 0 Å². The van der Waals surface area contributed by atoms with Gasteiger partial charge in [-0.2, -0.15) is 0 Å². The molecule has 22 heavy (non-hydrogen) atoms. The second kappa shape index (κ2) is 5.58. The summed E-state index contributed by atoms with van der Waals surface area (Å²) in [5, 5.41) is 31.5. The number of aryl methyl sites for hydroxylation is 1. The Morgan fingerprint density at radius 3 is 2.64 bits per heavy atom. The van der Waals surface area contributed by atoms with Crippen LogP contribution in [0.2, 0.25) is 0 Å². The Kier molecular flexibility index (Phi) is 3.90. The summed E-state index contributed by atoms with van der Waals surface area (Å²) in [7, 11) is 0. The van der Waals surface area contributed by atoms with Crippen molar-refractivity contribution in [3.05, 3.63) is 24.3 Å². The number of aromatic nitrogens is 3. The van der Waals surface area contributed by atoms with Crippen molar-refractivity contribution in [3.63, 3.8) is 0 Å². The van der Waals surface area contributed by atoms with E-state index in [-0.39, 0.29) is 5.92 Å². The van der Waals surface area contributed by atoms with E-state index in [2.05, 4.69) is 9.97 Å². The minimum atomic E-state index is -1.15. The highest BCUT2D eigenvalue weighted by atomic mass is 16.6. The molecular formula is C15H21N3O4. The fourth-order valence-electron chi connectivity index (χ4n) is 2.88. The van der Waals surface area contributed by atoms with Gasteiger partial charge in [0.25, 0.3) is 0 Å². The SMILES string of the molecule is Cc1ncnc2c1ccn2C1OC(C(O)C(C)C)C(O)C1O. The maximum absolute atomic E-state index is 10.3. The van der Waals surface area contributed by atoms with Gasteiger partial charge in [-0.25, -0.2) is 9.97 Å². The van der Waals surface area contributed by atoms with Crippen LogP contribution in [-0.4, -0.2) is 54.3 Å². The first-order valence-electron chi connectivity index (χ1n) is 7.39. The monoisotopic (exact) mass is 307 g/mol. The molecule has 3 heterocycles.